The molecule has 1 saturated carbocycles. The quantitative estimate of drug-likeness (QED) is 0.239. The lowest BCUT2D eigenvalue weighted by Crippen LogP contribution is -2.40. The number of benzene rings is 2. The van der Waals surface area contributed by atoms with E-state index >= 15 is 0 Å². The Bertz CT molecular complexity index is 1420. The fourth-order valence-corrected chi connectivity index (χ4v) is 7.39. The number of ether oxygens (including phenoxy) is 1. The summed E-state index contributed by atoms with van der Waals surface area (Å²) in [4.78, 5) is 17.0. The van der Waals surface area contributed by atoms with Gasteiger partial charge in [-0.15, -0.1) is 11.3 Å². The van der Waals surface area contributed by atoms with E-state index in [1.54, 1.807) is 36.4 Å². The normalized spacial score (nSPS) is 18.5. The van der Waals surface area contributed by atoms with Crippen LogP contribution in [0.15, 0.2) is 63.8 Å². The molecule has 0 bridgehead atoms. The molecular formula is C26H30N4O5S2. The zero-order chi connectivity index (χ0) is 25.8. The zero-order valence-corrected chi connectivity index (χ0v) is 22.1. The number of thiazole rings is 1. The summed E-state index contributed by atoms with van der Waals surface area (Å²) in [6.07, 6.45) is 6.74. The Morgan fingerprint density at radius 1 is 1.00 bits per heavy atom. The van der Waals surface area contributed by atoms with Gasteiger partial charge in [0.15, 0.2) is 4.80 Å². The average molecular weight is 543 g/mol. The highest BCUT2D eigenvalue weighted by Gasteiger charge is 2.26. The first kappa shape index (κ1) is 25.8. The molecule has 3 aromatic rings. The van der Waals surface area contributed by atoms with Gasteiger partial charge in [0.2, 0.25) is 10.0 Å². The lowest BCUT2D eigenvalue weighted by Gasteiger charge is -2.26. The summed E-state index contributed by atoms with van der Waals surface area (Å²) >= 11 is 1.50. The van der Waals surface area contributed by atoms with Crippen LogP contribution < -0.4 is 4.80 Å². The first-order valence-corrected chi connectivity index (χ1v) is 14.9. The van der Waals surface area contributed by atoms with E-state index in [0.29, 0.717) is 32.0 Å². The van der Waals surface area contributed by atoms with E-state index in [1.807, 2.05) is 11.4 Å². The van der Waals surface area contributed by atoms with Crippen molar-refractivity contribution < 1.29 is 18.1 Å². The van der Waals surface area contributed by atoms with Crippen molar-refractivity contribution in [3.8, 4) is 11.3 Å². The van der Waals surface area contributed by atoms with Crippen LogP contribution in [0.1, 0.15) is 44.6 Å². The highest BCUT2D eigenvalue weighted by Crippen LogP contribution is 2.33. The van der Waals surface area contributed by atoms with Gasteiger partial charge in [-0.05, 0) is 37.1 Å². The van der Waals surface area contributed by atoms with Gasteiger partial charge in [-0.1, -0.05) is 37.8 Å². The lowest BCUT2D eigenvalue weighted by molar-refractivity contribution is -0.384. The van der Waals surface area contributed by atoms with E-state index in [-0.39, 0.29) is 21.5 Å². The van der Waals surface area contributed by atoms with Crippen LogP contribution >= 0.6 is 11.3 Å². The fraction of sp³-hybridized carbons (Fsp3) is 0.423. The molecule has 0 unspecified atom stereocenters. The number of sulfonamides is 1. The minimum atomic E-state index is -3.57. The molecule has 1 aliphatic carbocycles. The molecule has 37 heavy (non-hydrogen) atoms. The van der Waals surface area contributed by atoms with Gasteiger partial charge < -0.3 is 9.30 Å². The van der Waals surface area contributed by atoms with Gasteiger partial charge >= 0.3 is 0 Å². The molecule has 196 valence electrons. The van der Waals surface area contributed by atoms with Crippen LogP contribution in [0.25, 0.3) is 11.3 Å². The number of non-ortho nitro benzene ring substituents is 1. The Morgan fingerprint density at radius 3 is 2.38 bits per heavy atom. The van der Waals surface area contributed by atoms with E-state index < -0.39 is 10.0 Å². The van der Waals surface area contributed by atoms with E-state index in [1.165, 1.54) is 34.6 Å². The number of morpholine rings is 1. The molecule has 2 fully saturated rings. The monoisotopic (exact) mass is 542 g/mol. The first-order chi connectivity index (χ1) is 17.9. The summed E-state index contributed by atoms with van der Waals surface area (Å²) in [5.41, 5.74) is 2.44. The Morgan fingerprint density at radius 2 is 1.70 bits per heavy atom. The number of nitro benzene ring substituents is 1. The number of nitro groups is 1. The van der Waals surface area contributed by atoms with Crippen LogP contribution in [0.3, 0.4) is 0 Å². The molecule has 1 aliphatic heterocycles. The molecule has 2 heterocycles. The van der Waals surface area contributed by atoms with Crippen molar-refractivity contribution in [2.24, 2.45) is 4.99 Å². The standard InChI is InChI=1S/C26H30N4O5S2/c31-30(32)23-9-5-6-20(18-23)25-19-36-26(29(25)22-7-3-1-2-4-8-22)27-21-10-12-24(13-11-21)37(33,34)28-14-16-35-17-15-28/h5-6,9-13,18-19,22H,1-4,7-8,14-17H2. The maximum atomic E-state index is 13.0. The number of hydrogen-bond acceptors (Lipinski definition) is 7. The number of rotatable bonds is 6. The van der Waals surface area contributed by atoms with Crippen molar-refractivity contribution in [3.63, 3.8) is 0 Å². The average Bonchev–Trinajstić information content (AvgIpc) is 3.14. The third-order valence-corrected chi connectivity index (χ3v) is 9.71. The van der Waals surface area contributed by atoms with Crippen molar-refractivity contribution in [2.45, 2.75) is 49.5 Å². The molecule has 0 amide bonds. The van der Waals surface area contributed by atoms with Crippen LogP contribution in [-0.2, 0) is 14.8 Å². The lowest BCUT2D eigenvalue weighted by atomic mass is 10.1. The first-order valence-electron chi connectivity index (χ1n) is 12.6. The maximum absolute atomic E-state index is 13.0. The topological polar surface area (TPSA) is 107 Å². The van der Waals surface area contributed by atoms with E-state index in [9.17, 15) is 18.5 Å². The van der Waals surface area contributed by atoms with Crippen LogP contribution in [0, 0.1) is 10.1 Å². The molecule has 2 aromatic carbocycles. The molecule has 0 radical (unpaired) electrons. The number of aromatic nitrogens is 1. The third-order valence-electron chi connectivity index (χ3n) is 6.95. The predicted molar refractivity (Wildman–Crippen MR) is 142 cm³/mol. The maximum Gasteiger partial charge on any atom is 0.270 e. The molecular weight excluding hydrogens is 512 g/mol. The van der Waals surface area contributed by atoms with Crippen molar-refractivity contribution in [1.29, 1.82) is 0 Å². The Balaban J connectivity index is 1.53. The summed E-state index contributed by atoms with van der Waals surface area (Å²) in [5.74, 6) is 0. The Labute approximate surface area is 220 Å². The van der Waals surface area contributed by atoms with Gasteiger partial charge in [0.1, 0.15) is 0 Å². The summed E-state index contributed by atoms with van der Waals surface area (Å²) in [6, 6.07) is 13.7. The van der Waals surface area contributed by atoms with E-state index in [0.717, 1.165) is 41.7 Å². The minimum Gasteiger partial charge on any atom is -0.379 e. The van der Waals surface area contributed by atoms with Gasteiger partial charge in [0, 0.05) is 42.2 Å². The molecule has 5 rings (SSSR count). The smallest absolute Gasteiger partial charge is 0.270 e. The van der Waals surface area contributed by atoms with Crippen molar-refractivity contribution in [2.75, 3.05) is 26.3 Å². The second-order valence-electron chi connectivity index (χ2n) is 9.35. The van der Waals surface area contributed by atoms with Crippen LogP contribution in [0.4, 0.5) is 11.4 Å². The van der Waals surface area contributed by atoms with Crippen LogP contribution in [0.5, 0.6) is 0 Å². The van der Waals surface area contributed by atoms with Gasteiger partial charge in [0.25, 0.3) is 5.69 Å². The fourth-order valence-electron chi connectivity index (χ4n) is 5.00. The summed E-state index contributed by atoms with van der Waals surface area (Å²) in [7, 11) is -3.57. The number of nitrogens with zero attached hydrogens (tertiary/aromatic N) is 4. The molecule has 11 heteroatoms. The zero-order valence-electron chi connectivity index (χ0n) is 20.5. The SMILES string of the molecule is O=[N+]([O-])c1cccc(-c2csc(=Nc3ccc(S(=O)(=O)N4CCOCC4)cc3)n2C2CCCCCC2)c1. The summed E-state index contributed by atoms with van der Waals surface area (Å²) < 4.78 is 34.9. The van der Waals surface area contributed by atoms with Crippen molar-refractivity contribution >= 4 is 32.7 Å². The highest BCUT2D eigenvalue weighted by molar-refractivity contribution is 7.89. The van der Waals surface area contributed by atoms with Gasteiger partial charge in [-0.25, -0.2) is 13.4 Å². The Hall–Kier alpha value is -2.86. The molecule has 1 saturated heterocycles. The highest BCUT2D eigenvalue weighted by atomic mass is 32.2. The summed E-state index contributed by atoms with van der Waals surface area (Å²) in [5, 5.41) is 13.4. The third kappa shape index (κ3) is 5.69. The molecule has 2 aliphatic rings. The molecule has 0 spiro atoms. The Kier molecular flexibility index (Phi) is 7.84. The molecule has 0 atom stereocenters. The summed E-state index contributed by atoms with van der Waals surface area (Å²) in [6.45, 7) is 1.51. The molecule has 9 nitrogen and oxygen atoms in total. The van der Waals surface area contributed by atoms with E-state index in [2.05, 4.69) is 4.57 Å². The predicted octanol–water partition coefficient (Wildman–Crippen LogP) is 5.27. The van der Waals surface area contributed by atoms with Gasteiger partial charge in [0.05, 0.1) is 34.4 Å². The van der Waals surface area contributed by atoms with Gasteiger partial charge in [-0.2, -0.15) is 4.31 Å². The minimum absolute atomic E-state index is 0.0617. The van der Waals surface area contributed by atoms with Crippen molar-refractivity contribution in [1.82, 2.24) is 8.87 Å². The van der Waals surface area contributed by atoms with Crippen LogP contribution in [0.2, 0.25) is 0 Å². The number of hydrogen-bond donors (Lipinski definition) is 0. The van der Waals surface area contributed by atoms with Crippen molar-refractivity contribution in [3.05, 3.63) is 68.8 Å². The van der Waals surface area contributed by atoms with Gasteiger partial charge in [-0.3, -0.25) is 10.1 Å². The largest absolute Gasteiger partial charge is 0.379 e. The second kappa shape index (κ2) is 11.3. The molecule has 1 aromatic heterocycles. The second-order valence-corrected chi connectivity index (χ2v) is 12.1. The van der Waals surface area contributed by atoms with E-state index in [4.69, 9.17) is 9.73 Å². The van der Waals surface area contributed by atoms with Crippen LogP contribution in [-0.4, -0.2) is 48.5 Å². The molecule has 0 N–H and O–H groups in total.